The molecule has 3 N–H and O–H groups in total. The van der Waals surface area contributed by atoms with Crippen molar-refractivity contribution in [1.29, 1.82) is 0 Å². The van der Waals surface area contributed by atoms with E-state index in [9.17, 15) is 23.3 Å². The maximum Gasteiger partial charge on any atom is 0.270 e. The maximum atomic E-state index is 12.1. The Kier molecular flexibility index (Phi) is 7.74. The van der Waals surface area contributed by atoms with E-state index >= 15 is 0 Å². The SMILES string of the molecule is CC(C(=O)NCCNS(=O)(=O)c1cccc([N+](=O)[O-])c1)C1CNC1.Cl. The molecule has 11 heteroatoms. The van der Waals surface area contributed by atoms with Crippen LogP contribution in [0.1, 0.15) is 6.92 Å². The van der Waals surface area contributed by atoms with Crippen molar-refractivity contribution in [3.63, 3.8) is 0 Å². The first-order valence-electron chi connectivity index (χ1n) is 7.54. The van der Waals surface area contributed by atoms with Crippen molar-refractivity contribution in [3.8, 4) is 0 Å². The molecule has 0 aromatic heterocycles. The van der Waals surface area contributed by atoms with Gasteiger partial charge in [-0.3, -0.25) is 14.9 Å². The molecule has 1 unspecified atom stereocenters. The average molecular weight is 393 g/mol. The van der Waals surface area contributed by atoms with Gasteiger partial charge in [0.25, 0.3) is 5.69 Å². The monoisotopic (exact) mass is 392 g/mol. The van der Waals surface area contributed by atoms with E-state index in [0.717, 1.165) is 19.2 Å². The Balaban J connectivity index is 0.00000312. The fraction of sp³-hybridized carbons (Fsp3) is 0.500. The van der Waals surface area contributed by atoms with Crippen LogP contribution < -0.4 is 15.4 Å². The molecule has 2 rings (SSSR count). The number of carbonyl (C=O) groups is 1. The van der Waals surface area contributed by atoms with Crippen LogP contribution in [-0.2, 0) is 14.8 Å². The molecule has 25 heavy (non-hydrogen) atoms. The molecule has 1 aliphatic rings. The maximum absolute atomic E-state index is 12.1. The van der Waals surface area contributed by atoms with Gasteiger partial charge in [0.1, 0.15) is 0 Å². The molecule has 9 nitrogen and oxygen atoms in total. The first-order valence-corrected chi connectivity index (χ1v) is 9.02. The second kappa shape index (κ2) is 9.09. The molecular weight excluding hydrogens is 372 g/mol. The van der Waals surface area contributed by atoms with Crippen molar-refractivity contribution in [3.05, 3.63) is 34.4 Å². The summed E-state index contributed by atoms with van der Waals surface area (Å²) in [5, 5.41) is 16.5. The zero-order valence-electron chi connectivity index (χ0n) is 13.6. The van der Waals surface area contributed by atoms with Gasteiger partial charge < -0.3 is 10.6 Å². The van der Waals surface area contributed by atoms with Crippen LogP contribution in [0.15, 0.2) is 29.2 Å². The second-order valence-electron chi connectivity index (χ2n) is 5.65. The summed E-state index contributed by atoms with van der Waals surface area (Å²) < 4.78 is 26.5. The minimum absolute atomic E-state index is 0. The van der Waals surface area contributed by atoms with Gasteiger partial charge in [-0.1, -0.05) is 13.0 Å². The quantitative estimate of drug-likeness (QED) is 0.330. The average Bonchev–Trinajstić information content (AvgIpc) is 2.49. The first-order chi connectivity index (χ1) is 11.3. The minimum atomic E-state index is -3.86. The van der Waals surface area contributed by atoms with E-state index in [1.54, 1.807) is 0 Å². The van der Waals surface area contributed by atoms with E-state index < -0.39 is 14.9 Å². The first kappa shape index (κ1) is 21.3. The van der Waals surface area contributed by atoms with Gasteiger partial charge in [-0.15, -0.1) is 12.4 Å². The highest BCUT2D eigenvalue weighted by Gasteiger charge is 2.28. The topological polar surface area (TPSA) is 130 Å². The van der Waals surface area contributed by atoms with Crippen molar-refractivity contribution >= 4 is 34.0 Å². The highest BCUT2D eigenvalue weighted by molar-refractivity contribution is 7.89. The lowest BCUT2D eigenvalue weighted by Crippen LogP contribution is -2.50. The van der Waals surface area contributed by atoms with Crippen LogP contribution in [0, 0.1) is 22.0 Å². The molecular formula is C14H21ClN4O5S. The Labute approximate surface area is 152 Å². The molecule has 1 aliphatic heterocycles. The van der Waals surface area contributed by atoms with Crippen LogP contribution in [0.2, 0.25) is 0 Å². The number of non-ortho nitro benzene ring substituents is 1. The lowest BCUT2D eigenvalue weighted by Gasteiger charge is -2.31. The molecule has 1 aromatic rings. The summed E-state index contributed by atoms with van der Waals surface area (Å²) in [5.41, 5.74) is -0.297. The highest BCUT2D eigenvalue weighted by atomic mass is 35.5. The largest absolute Gasteiger partial charge is 0.355 e. The zero-order chi connectivity index (χ0) is 17.7. The molecule has 0 radical (unpaired) electrons. The van der Waals surface area contributed by atoms with Gasteiger partial charge in [-0.05, 0) is 25.1 Å². The Hall–Kier alpha value is -1.75. The number of nitrogens with zero attached hydrogens (tertiary/aromatic N) is 1. The predicted molar refractivity (Wildman–Crippen MR) is 94.1 cm³/mol. The van der Waals surface area contributed by atoms with E-state index in [-0.39, 0.29) is 47.9 Å². The fourth-order valence-corrected chi connectivity index (χ4v) is 3.33. The number of nitrogens with one attached hydrogen (secondary N) is 3. The van der Waals surface area contributed by atoms with E-state index in [2.05, 4.69) is 15.4 Å². The molecule has 1 saturated heterocycles. The molecule has 1 atom stereocenters. The van der Waals surface area contributed by atoms with Crippen molar-refractivity contribution in [1.82, 2.24) is 15.4 Å². The third kappa shape index (κ3) is 5.63. The van der Waals surface area contributed by atoms with Gasteiger partial charge in [-0.2, -0.15) is 0 Å². The van der Waals surface area contributed by atoms with E-state index in [0.29, 0.717) is 5.92 Å². The summed E-state index contributed by atoms with van der Waals surface area (Å²) >= 11 is 0. The van der Waals surface area contributed by atoms with Gasteiger partial charge in [0, 0.05) is 31.1 Å². The second-order valence-corrected chi connectivity index (χ2v) is 7.42. The van der Waals surface area contributed by atoms with Gasteiger partial charge in [0.15, 0.2) is 0 Å². The van der Waals surface area contributed by atoms with Crippen LogP contribution >= 0.6 is 12.4 Å². The summed E-state index contributed by atoms with van der Waals surface area (Å²) in [6, 6.07) is 4.80. The van der Waals surface area contributed by atoms with Gasteiger partial charge in [0.05, 0.1) is 9.82 Å². The van der Waals surface area contributed by atoms with Crippen LogP contribution in [0.25, 0.3) is 0 Å². The number of nitro groups is 1. The molecule has 0 aliphatic carbocycles. The number of carbonyl (C=O) groups excluding carboxylic acids is 1. The van der Waals surface area contributed by atoms with E-state index in [1.807, 2.05) is 6.92 Å². The Bertz CT molecular complexity index is 724. The van der Waals surface area contributed by atoms with Crippen LogP contribution in [0.5, 0.6) is 0 Å². The summed E-state index contributed by atoms with van der Waals surface area (Å²) in [6.07, 6.45) is 0. The highest BCUT2D eigenvalue weighted by Crippen LogP contribution is 2.17. The van der Waals surface area contributed by atoms with Crippen LogP contribution in [0.4, 0.5) is 5.69 Å². The third-order valence-corrected chi connectivity index (χ3v) is 5.45. The Morgan fingerprint density at radius 1 is 1.40 bits per heavy atom. The Morgan fingerprint density at radius 3 is 2.64 bits per heavy atom. The number of rotatable bonds is 8. The van der Waals surface area contributed by atoms with Crippen LogP contribution in [-0.4, -0.2) is 45.4 Å². The van der Waals surface area contributed by atoms with Gasteiger partial charge in [-0.25, -0.2) is 13.1 Å². The molecule has 1 aromatic carbocycles. The molecule has 1 amide bonds. The number of hydrogen-bond acceptors (Lipinski definition) is 6. The number of nitro benzene ring substituents is 1. The molecule has 0 saturated carbocycles. The zero-order valence-corrected chi connectivity index (χ0v) is 15.2. The predicted octanol–water partition coefficient (Wildman–Crippen LogP) is 0.267. The van der Waals surface area contributed by atoms with Crippen molar-refractivity contribution in [2.24, 2.45) is 11.8 Å². The van der Waals surface area contributed by atoms with Crippen molar-refractivity contribution in [2.75, 3.05) is 26.2 Å². The lowest BCUT2D eigenvalue weighted by molar-refractivity contribution is -0.385. The van der Waals surface area contributed by atoms with E-state index in [4.69, 9.17) is 0 Å². The smallest absolute Gasteiger partial charge is 0.270 e. The van der Waals surface area contributed by atoms with Crippen molar-refractivity contribution < 1.29 is 18.1 Å². The van der Waals surface area contributed by atoms with Crippen LogP contribution in [0.3, 0.4) is 0 Å². The summed E-state index contributed by atoms with van der Waals surface area (Å²) in [7, 11) is -3.86. The summed E-state index contributed by atoms with van der Waals surface area (Å²) in [6.45, 7) is 3.62. The molecule has 1 heterocycles. The third-order valence-electron chi connectivity index (χ3n) is 3.99. The van der Waals surface area contributed by atoms with Gasteiger partial charge >= 0.3 is 0 Å². The van der Waals surface area contributed by atoms with Crippen molar-refractivity contribution in [2.45, 2.75) is 11.8 Å². The standard InChI is InChI=1S/C14H20N4O5S.ClH/c1-10(11-8-15-9-11)14(19)16-5-6-17-24(22,23)13-4-2-3-12(7-13)18(20)21;/h2-4,7,10-11,15,17H,5-6,8-9H2,1H3,(H,16,19);1H. The molecule has 0 bridgehead atoms. The van der Waals surface area contributed by atoms with E-state index in [1.165, 1.54) is 18.2 Å². The number of benzene rings is 1. The normalized spacial score (nSPS) is 15.6. The number of halogens is 1. The van der Waals surface area contributed by atoms with Gasteiger partial charge in [0.2, 0.25) is 15.9 Å². The fourth-order valence-electron chi connectivity index (χ4n) is 2.26. The number of sulfonamides is 1. The molecule has 140 valence electrons. The molecule has 0 spiro atoms. The minimum Gasteiger partial charge on any atom is -0.355 e. The number of amides is 1. The number of hydrogen-bond donors (Lipinski definition) is 3. The molecule has 1 fully saturated rings. The lowest BCUT2D eigenvalue weighted by atomic mass is 9.88. The summed E-state index contributed by atoms with van der Waals surface area (Å²) in [5.74, 6) is 0.0715. The summed E-state index contributed by atoms with van der Waals surface area (Å²) in [4.78, 5) is 21.8. The Morgan fingerprint density at radius 2 is 2.08 bits per heavy atom.